The molecule has 2 N–H and O–H groups in total. The number of hydrogen-bond donors (Lipinski definition) is 2. The summed E-state index contributed by atoms with van der Waals surface area (Å²) in [7, 11) is 0. The van der Waals surface area contributed by atoms with Crippen molar-refractivity contribution in [3.8, 4) is 11.5 Å². The summed E-state index contributed by atoms with van der Waals surface area (Å²) in [5, 5.41) is 13.5. The molecule has 0 heterocycles. The van der Waals surface area contributed by atoms with Crippen LogP contribution in [-0.2, 0) is 4.79 Å². The monoisotopic (exact) mass is 418 g/mol. The molecule has 0 spiro atoms. The summed E-state index contributed by atoms with van der Waals surface area (Å²) in [4.78, 5) is 12.0. The number of benzene rings is 2. The van der Waals surface area contributed by atoms with Crippen LogP contribution in [0.4, 0.5) is 0 Å². The molecular formula is C20H23BrN2O3. The number of rotatable bonds is 7. The Hall–Kier alpha value is -2.34. The summed E-state index contributed by atoms with van der Waals surface area (Å²) < 4.78 is 6.38. The smallest absolute Gasteiger partial charge is 0.277 e. The molecule has 0 aliphatic carbocycles. The lowest BCUT2D eigenvalue weighted by Gasteiger charge is -2.11. The second kappa shape index (κ2) is 9.38. The summed E-state index contributed by atoms with van der Waals surface area (Å²) in [5.74, 6) is 0.887. The molecule has 0 unspecified atom stereocenters. The van der Waals surface area contributed by atoms with Crippen LogP contribution in [0.5, 0.6) is 11.5 Å². The van der Waals surface area contributed by atoms with Crippen molar-refractivity contribution in [3.63, 3.8) is 0 Å². The van der Waals surface area contributed by atoms with Crippen molar-refractivity contribution in [2.24, 2.45) is 5.10 Å². The molecule has 0 radical (unpaired) electrons. The third-order valence-corrected chi connectivity index (χ3v) is 4.45. The van der Waals surface area contributed by atoms with E-state index in [2.05, 4.69) is 40.3 Å². The van der Waals surface area contributed by atoms with Crippen LogP contribution in [-0.4, -0.2) is 23.3 Å². The van der Waals surface area contributed by atoms with Gasteiger partial charge in [0.05, 0.1) is 10.2 Å². The number of hydrazone groups is 1. The third-order valence-electron chi connectivity index (χ3n) is 3.83. The van der Waals surface area contributed by atoms with Gasteiger partial charge >= 0.3 is 0 Å². The van der Waals surface area contributed by atoms with Crippen molar-refractivity contribution >= 4 is 27.5 Å². The molecule has 1 amide bonds. The third kappa shape index (κ3) is 5.59. The van der Waals surface area contributed by atoms with E-state index in [0.717, 1.165) is 15.7 Å². The number of phenols is 1. The number of halogens is 1. The van der Waals surface area contributed by atoms with Crippen LogP contribution in [0.1, 0.15) is 44.2 Å². The Morgan fingerprint density at radius 3 is 2.50 bits per heavy atom. The van der Waals surface area contributed by atoms with Gasteiger partial charge in [-0.1, -0.05) is 26.8 Å². The van der Waals surface area contributed by atoms with E-state index in [1.807, 2.05) is 25.1 Å². The summed E-state index contributed by atoms with van der Waals surface area (Å²) in [6, 6.07) is 12.5. The van der Waals surface area contributed by atoms with E-state index in [0.29, 0.717) is 18.1 Å². The number of hydrogen-bond acceptors (Lipinski definition) is 4. The van der Waals surface area contributed by atoms with E-state index in [1.165, 1.54) is 5.56 Å². The first-order chi connectivity index (χ1) is 12.4. The summed E-state index contributed by atoms with van der Waals surface area (Å²) in [6.45, 7) is 6.05. The SMILES string of the molecule is CCC(=NNC(=O)COc1ccc(C(C)C)cc1Br)c1ccc(O)cc1. The van der Waals surface area contributed by atoms with Crippen LogP contribution in [0.3, 0.4) is 0 Å². The topological polar surface area (TPSA) is 70.9 Å². The molecule has 0 saturated heterocycles. The molecule has 0 bridgehead atoms. The predicted molar refractivity (Wildman–Crippen MR) is 107 cm³/mol. The van der Waals surface area contributed by atoms with Crippen molar-refractivity contribution in [1.82, 2.24) is 5.43 Å². The minimum Gasteiger partial charge on any atom is -0.508 e. The van der Waals surface area contributed by atoms with E-state index >= 15 is 0 Å². The van der Waals surface area contributed by atoms with E-state index < -0.39 is 0 Å². The zero-order valence-corrected chi connectivity index (χ0v) is 16.7. The maximum absolute atomic E-state index is 12.0. The molecule has 138 valence electrons. The van der Waals surface area contributed by atoms with Gasteiger partial charge in [0.2, 0.25) is 0 Å². The van der Waals surface area contributed by atoms with Crippen LogP contribution in [0.25, 0.3) is 0 Å². The molecule has 0 aliphatic heterocycles. The van der Waals surface area contributed by atoms with Gasteiger partial charge in [-0.2, -0.15) is 5.10 Å². The van der Waals surface area contributed by atoms with Crippen LogP contribution in [0.2, 0.25) is 0 Å². The Labute approximate surface area is 162 Å². The molecular weight excluding hydrogens is 396 g/mol. The Morgan fingerprint density at radius 1 is 1.23 bits per heavy atom. The minimum atomic E-state index is -0.338. The van der Waals surface area contributed by atoms with Gasteiger partial charge in [-0.05, 0) is 75.8 Å². The Bertz CT molecular complexity index is 786. The van der Waals surface area contributed by atoms with Crippen LogP contribution < -0.4 is 10.2 Å². The number of carbonyl (C=O) groups excluding carboxylic acids is 1. The van der Waals surface area contributed by atoms with Gasteiger partial charge in [0.1, 0.15) is 11.5 Å². The molecule has 2 rings (SSSR count). The fraction of sp³-hybridized carbons (Fsp3) is 0.300. The quantitative estimate of drug-likeness (QED) is 0.510. The van der Waals surface area contributed by atoms with Gasteiger partial charge in [0.15, 0.2) is 6.61 Å². The van der Waals surface area contributed by atoms with Crippen molar-refractivity contribution in [1.29, 1.82) is 0 Å². The van der Waals surface area contributed by atoms with Gasteiger partial charge in [0.25, 0.3) is 5.91 Å². The van der Waals surface area contributed by atoms with Crippen LogP contribution >= 0.6 is 15.9 Å². The highest BCUT2D eigenvalue weighted by atomic mass is 79.9. The van der Waals surface area contributed by atoms with Crippen molar-refractivity contribution in [2.45, 2.75) is 33.1 Å². The first-order valence-electron chi connectivity index (χ1n) is 8.47. The number of aromatic hydroxyl groups is 1. The molecule has 6 heteroatoms. The number of phenolic OH excluding ortho intramolecular Hbond substituents is 1. The van der Waals surface area contributed by atoms with E-state index in [4.69, 9.17) is 4.74 Å². The summed E-state index contributed by atoms with van der Waals surface area (Å²) in [6.07, 6.45) is 0.647. The fourth-order valence-electron chi connectivity index (χ4n) is 2.30. The largest absolute Gasteiger partial charge is 0.508 e. The van der Waals surface area contributed by atoms with E-state index in [-0.39, 0.29) is 18.3 Å². The van der Waals surface area contributed by atoms with Crippen molar-refractivity contribution in [3.05, 3.63) is 58.1 Å². The van der Waals surface area contributed by atoms with Crippen molar-refractivity contribution < 1.29 is 14.6 Å². The van der Waals surface area contributed by atoms with Gasteiger partial charge in [0, 0.05) is 0 Å². The fourth-order valence-corrected chi connectivity index (χ4v) is 2.81. The van der Waals surface area contributed by atoms with Gasteiger partial charge in [-0.25, -0.2) is 5.43 Å². The number of amides is 1. The first-order valence-corrected chi connectivity index (χ1v) is 9.27. The number of nitrogens with one attached hydrogen (secondary N) is 1. The van der Waals surface area contributed by atoms with Gasteiger partial charge in [-0.3, -0.25) is 4.79 Å². The molecule has 2 aromatic rings. The number of nitrogens with zero attached hydrogens (tertiary/aromatic N) is 1. The zero-order valence-electron chi connectivity index (χ0n) is 15.1. The Kier molecular flexibility index (Phi) is 7.21. The number of carbonyl (C=O) groups is 1. The summed E-state index contributed by atoms with van der Waals surface area (Å²) in [5.41, 5.74) is 5.28. The van der Waals surface area contributed by atoms with Gasteiger partial charge < -0.3 is 9.84 Å². The maximum Gasteiger partial charge on any atom is 0.277 e. The molecule has 0 saturated carbocycles. The average Bonchev–Trinajstić information content (AvgIpc) is 2.62. The molecule has 5 nitrogen and oxygen atoms in total. The normalized spacial score (nSPS) is 11.5. The Balaban J connectivity index is 1.94. The molecule has 0 fully saturated rings. The minimum absolute atomic E-state index is 0.129. The highest BCUT2D eigenvalue weighted by Crippen LogP contribution is 2.28. The molecule has 2 aromatic carbocycles. The van der Waals surface area contributed by atoms with Gasteiger partial charge in [-0.15, -0.1) is 0 Å². The molecule has 0 aliphatic rings. The lowest BCUT2D eigenvalue weighted by molar-refractivity contribution is -0.123. The van der Waals surface area contributed by atoms with E-state index in [1.54, 1.807) is 24.3 Å². The number of ether oxygens (including phenoxy) is 1. The lowest BCUT2D eigenvalue weighted by atomic mass is 10.0. The second-order valence-electron chi connectivity index (χ2n) is 6.13. The van der Waals surface area contributed by atoms with Crippen LogP contribution in [0, 0.1) is 0 Å². The van der Waals surface area contributed by atoms with Crippen molar-refractivity contribution in [2.75, 3.05) is 6.61 Å². The molecule has 0 atom stereocenters. The predicted octanol–water partition coefficient (Wildman–Crippen LogP) is 4.59. The highest BCUT2D eigenvalue weighted by Gasteiger charge is 2.08. The standard InChI is InChI=1S/C20H23BrN2O3/c1-4-18(14-5-8-16(24)9-6-14)22-23-20(25)12-26-19-10-7-15(13(2)3)11-17(19)21/h5-11,13,24H,4,12H2,1-3H3,(H,23,25). The zero-order chi connectivity index (χ0) is 19.1. The lowest BCUT2D eigenvalue weighted by Crippen LogP contribution is -2.26. The second-order valence-corrected chi connectivity index (χ2v) is 6.98. The summed E-state index contributed by atoms with van der Waals surface area (Å²) >= 11 is 3.47. The van der Waals surface area contributed by atoms with Crippen LogP contribution in [0.15, 0.2) is 52.0 Å². The highest BCUT2D eigenvalue weighted by molar-refractivity contribution is 9.10. The first kappa shape index (κ1) is 20.0. The molecule has 0 aromatic heterocycles. The Morgan fingerprint density at radius 2 is 1.92 bits per heavy atom. The molecule has 26 heavy (non-hydrogen) atoms. The maximum atomic E-state index is 12.0. The van der Waals surface area contributed by atoms with E-state index in [9.17, 15) is 9.90 Å². The average molecular weight is 419 g/mol.